The van der Waals surface area contributed by atoms with Gasteiger partial charge in [-0.3, -0.25) is 10.1 Å². The van der Waals surface area contributed by atoms with E-state index in [0.29, 0.717) is 55.2 Å². The highest BCUT2D eigenvalue weighted by Crippen LogP contribution is 2.61. The van der Waals surface area contributed by atoms with Gasteiger partial charge in [-0.15, -0.1) is 0 Å². The molecule has 6 atom stereocenters. The van der Waals surface area contributed by atoms with Gasteiger partial charge in [0.15, 0.2) is 11.5 Å². The van der Waals surface area contributed by atoms with E-state index in [9.17, 15) is 19.8 Å². The Balaban J connectivity index is 1.24. The summed E-state index contributed by atoms with van der Waals surface area (Å²) in [6.07, 6.45) is 0.763. The van der Waals surface area contributed by atoms with Crippen LogP contribution in [0.1, 0.15) is 51.5 Å². The Morgan fingerprint density at radius 1 is 1.07 bits per heavy atom. The number of hydrogen-bond acceptors (Lipinski definition) is 8. The number of aliphatic hydroxyl groups excluding tert-OH is 2. The van der Waals surface area contributed by atoms with Crippen molar-refractivity contribution in [2.24, 2.45) is 22.7 Å². The molecule has 0 spiro atoms. The topological polar surface area (TPSA) is 136 Å². The van der Waals surface area contributed by atoms with Gasteiger partial charge in [-0.05, 0) is 72.8 Å². The van der Waals surface area contributed by atoms with Gasteiger partial charge >= 0.3 is 6.09 Å². The molecule has 1 aliphatic heterocycles. The highest BCUT2D eigenvalue weighted by molar-refractivity contribution is 5.85. The number of nitrogens with one attached hydrogen (secondary N) is 2. The van der Waals surface area contributed by atoms with Crippen LogP contribution >= 0.6 is 0 Å². The second-order valence-electron chi connectivity index (χ2n) is 11.9. The molecule has 41 heavy (non-hydrogen) atoms. The van der Waals surface area contributed by atoms with Crippen LogP contribution < -0.4 is 24.8 Å². The largest absolute Gasteiger partial charge is 0.497 e. The molecule has 2 aromatic rings. The number of aliphatic hydroxyl groups is 2. The monoisotopic (exact) mass is 568 g/mol. The fourth-order valence-electron chi connectivity index (χ4n) is 7.28. The van der Waals surface area contributed by atoms with Crippen molar-refractivity contribution in [3.63, 3.8) is 0 Å². The molecule has 2 saturated carbocycles. The Morgan fingerprint density at radius 2 is 1.88 bits per heavy atom. The maximum atomic E-state index is 13.1. The van der Waals surface area contributed by atoms with Crippen molar-refractivity contribution < 1.29 is 38.7 Å². The molecule has 0 unspecified atom stereocenters. The molecule has 4 N–H and O–H groups in total. The summed E-state index contributed by atoms with van der Waals surface area (Å²) >= 11 is 0. The molecule has 2 fully saturated rings. The van der Waals surface area contributed by atoms with Crippen LogP contribution in [0.15, 0.2) is 42.5 Å². The predicted molar refractivity (Wildman–Crippen MR) is 151 cm³/mol. The molecule has 10 heteroatoms. The zero-order chi connectivity index (χ0) is 29.2. The highest BCUT2D eigenvalue weighted by Gasteiger charge is 2.60. The molecular weight excluding hydrogens is 528 g/mol. The van der Waals surface area contributed by atoms with E-state index >= 15 is 0 Å². The van der Waals surface area contributed by atoms with Crippen LogP contribution in [0.5, 0.6) is 17.2 Å². The van der Waals surface area contributed by atoms with Gasteiger partial charge in [-0.2, -0.15) is 0 Å². The van der Waals surface area contributed by atoms with Gasteiger partial charge in [-0.1, -0.05) is 26.0 Å². The van der Waals surface area contributed by atoms with E-state index in [0.717, 1.165) is 5.56 Å². The van der Waals surface area contributed by atoms with Crippen molar-refractivity contribution in [3.05, 3.63) is 48.0 Å². The average molecular weight is 569 g/mol. The van der Waals surface area contributed by atoms with Crippen molar-refractivity contribution in [1.29, 1.82) is 0 Å². The predicted octanol–water partition coefficient (Wildman–Crippen LogP) is 4.23. The first-order valence-corrected chi connectivity index (χ1v) is 14.2. The van der Waals surface area contributed by atoms with Crippen molar-refractivity contribution in [2.75, 3.05) is 25.8 Å². The summed E-state index contributed by atoms with van der Waals surface area (Å²) in [5.74, 6) is 1.47. The van der Waals surface area contributed by atoms with Gasteiger partial charge in [-0.25, -0.2) is 4.79 Å². The number of rotatable bonds is 8. The minimum atomic E-state index is -0.736. The van der Waals surface area contributed by atoms with Crippen LogP contribution in [0.4, 0.5) is 10.5 Å². The van der Waals surface area contributed by atoms with Crippen LogP contribution in [0.3, 0.4) is 0 Å². The number of anilines is 1. The molecule has 0 bridgehead atoms. The Labute approximate surface area is 240 Å². The van der Waals surface area contributed by atoms with E-state index in [1.807, 2.05) is 25.1 Å². The molecule has 2 aromatic carbocycles. The lowest BCUT2D eigenvalue weighted by atomic mass is 9.46. The lowest BCUT2D eigenvalue weighted by molar-refractivity contribution is -0.185. The van der Waals surface area contributed by atoms with Gasteiger partial charge in [0.05, 0.1) is 19.8 Å². The third kappa shape index (κ3) is 5.81. The molecular formula is C31H40N2O8. The van der Waals surface area contributed by atoms with Gasteiger partial charge in [0.2, 0.25) is 12.7 Å². The summed E-state index contributed by atoms with van der Waals surface area (Å²) in [7, 11) is 1.56. The SMILES string of the molecule is COc1cccc(NC(=O)O[C@@H]2CC[C@]3(C)[C@@H](CC[C@@H](O)[C@H]3CC(=O)NCc3ccc4c(c3)OCO4)[C@]2(C)CO)c1. The number of methoxy groups -OCH3 is 1. The summed E-state index contributed by atoms with van der Waals surface area (Å²) in [5, 5.41) is 27.5. The summed E-state index contributed by atoms with van der Waals surface area (Å²) in [4.78, 5) is 26.0. The number of fused-ring (bicyclic) bond motifs is 2. The first kappa shape index (κ1) is 29.0. The van der Waals surface area contributed by atoms with Crippen LogP contribution in [0, 0.1) is 22.7 Å². The fourth-order valence-corrected chi connectivity index (χ4v) is 7.28. The van der Waals surface area contributed by atoms with Crippen molar-refractivity contribution >= 4 is 17.7 Å². The van der Waals surface area contributed by atoms with Crippen molar-refractivity contribution in [3.8, 4) is 17.2 Å². The smallest absolute Gasteiger partial charge is 0.411 e. The molecule has 0 radical (unpaired) electrons. The quantitative estimate of drug-likeness (QED) is 0.372. The van der Waals surface area contributed by atoms with Crippen LogP contribution in [0.2, 0.25) is 0 Å². The number of ether oxygens (including phenoxy) is 4. The van der Waals surface area contributed by atoms with E-state index in [1.165, 1.54) is 0 Å². The second kappa shape index (κ2) is 11.8. The van der Waals surface area contributed by atoms with Gasteiger partial charge in [0.1, 0.15) is 11.9 Å². The molecule has 0 aromatic heterocycles. The second-order valence-corrected chi connectivity index (χ2v) is 11.9. The first-order valence-electron chi connectivity index (χ1n) is 14.2. The molecule has 0 saturated heterocycles. The molecule has 5 rings (SSSR count). The molecule has 2 aliphatic carbocycles. The van der Waals surface area contributed by atoms with E-state index in [2.05, 4.69) is 17.6 Å². The lowest BCUT2D eigenvalue weighted by Gasteiger charge is -2.60. The molecule has 2 amide bonds. The van der Waals surface area contributed by atoms with Crippen LogP contribution in [-0.4, -0.2) is 54.9 Å². The Hall–Kier alpha value is -3.50. The van der Waals surface area contributed by atoms with E-state index in [-0.39, 0.29) is 37.6 Å². The fraction of sp³-hybridized carbons (Fsp3) is 0.548. The zero-order valence-electron chi connectivity index (χ0n) is 23.9. The molecule has 10 nitrogen and oxygen atoms in total. The van der Waals surface area contributed by atoms with Gasteiger partial charge in [0, 0.05) is 30.1 Å². The van der Waals surface area contributed by atoms with E-state index in [1.54, 1.807) is 31.4 Å². The standard InChI is InChI=1S/C31H40N2O8/c1-30-12-11-27(41-29(37)33-20-5-4-6-21(14-20)38-3)31(2,17-34)26(30)10-8-23(35)22(30)15-28(36)32-16-19-7-9-24-25(13-19)40-18-39-24/h4-7,9,13-14,22-23,26-27,34-35H,8,10-12,15-18H2,1-3H3,(H,32,36)(H,33,37)/t22-,23-,26-,27-,30+,31+/m1/s1. The zero-order valence-corrected chi connectivity index (χ0v) is 23.9. The number of carbonyl (C=O) groups is 2. The summed E-state index contributed by atoms with van der Waals surface area (Å²) in [6.45, 7) is 4.41. The summed E-state index contributed by atoms with van der Waals surface area (Å²) in [5.41, 5.74) is 0.288. The maximum absolute atomic E-state index is 13.1. The Kier molecular flexibility index (Phi) is 8.33. The molecule has 222 valence electrons. The van der Waals surface area contributed by atoms with E-state index < -0.39 is 29.1 Å². The number of hydrogen-bond donors (Lipinski definition) is 4. The minimum absolute atomic E-state index is 0.0570. The van der Waals surface area contributed by atoms with Gasteiger partial charge < -0.3 is 34.5 Å². The molecule has 1 heterocycles. The third-order valence-corrected chi connectivity index (χ3v) is 9.57. The first-order chi connectivity index (χ1) is 19.7. The minimum Gasteiger partial charge on any atom is -0.497 e. The summed E-state index contributed by atoms with van der Waals surface area (Å²) in [6, 6.07) is 12.6. The average Bonchev–Trinajstić information content (AvgIpc) is 3.43. The highest BCUT2D eigenvalue weighted by atomic mass is 16.7. The van der Waals surface area contributed by atoms with Gasteiger partial charge in [0.25, 0.3) is 0 Å². The Morgan fingerprint density at radius 3 is 2.66 bits per heavy atom. The van der Waals surface area contributed by atoms with Crippen LogP contribution in [0.25, 0.3) is 0 Å². The lowest BCUT2D eigenvalue weighted by Crippen LogP contribution is -2.61. The maximum Gasteiger partial charge on any atom is 0.411 e. The van der Waals surface area contributed by atoms with Crippen molar-refractivity contribution in [1.82, 2.24) is 5.32 Å². The van der Waals surface area contributed by atoms with E-state index in [4.69, 9.17) is 18.9 Å². The number of benzene rings is 2. The van der Waals surface area contributed by atoms with Crippen molar-refractivity contribution in [2.45, 2.75) is 64.7 Å². The number of amides is 2. The Bertz CT molecular complexity index is 1270. The van der Waals surface area contributed by atoms with Crippen LogP contribution in [-0.2, 0) is 16.1 Å². The number of carbonyl (C=O) groups excluding carboxylic acids is 2. The third-order valence-electron chi connectivity index (χ3n) is 9.57. The normalized spacial score (nSPS) is 30.2. The molecule has 3 aliphatic rings. The summed E-state index contributed by atoms with van der Waals surface area (Å²) < 4.78 is 21.9.